The zero-order valence-electron chi connectivity index (χ0n) is 20.1. The molecule has 1 unspecified atom stereocenters. The minimum absolute atomic E-state index is 0.00474. The van der Waals surface area contributed by atoms with E-state index < -0.39 is 35.5 Å². The van der Waals surface area contributed by atoms with Crippen LogP contribution in [-0.2, 0) is 25.7 Å². The van der Waals surface area contributed by atoms with Crippen LogP contribution < -0.4 is 10.6 Å². The summed E-state index contributed by atoms with van der Waals surface area (Å²) in [6.07, 6.45) is -1.50. The Morgan fingerprint density at radius 1 is 0.868 bits per heavy atom. The molecule has 3 rings (SSSR count). The topological polar surface area (TPSA) is 137 Å². The van der Waals surface area contributed by atoms with Gasteiger partial charge in [0.05, 0.1) is 9.82 Å². The molecule has 0 bridgehead atoms. The van der Waals surface area contributed by atoms with Crippen LogP contribution >= 0.6 is 21.6 Å². The Morgan fingerprint density at radius 2 is 1.53 bits per heavy atom. The number of para-hydroxylation sites is 1. The first-order chi connectivity index (χ1) is 18.4. The first-order valence-corrected chi connectivity index (χ1v) is 13.7. The predicted octanol–water partition coefficient (Wildman–Crippen LogP) is 4.66. The minimum Gasteiger partial charge on any atom is -0.460 e. The summed E-state index contributed by atoms with van der Waals surface area (Å²) in [5.41, 5.74) is 1.54. The normalized spacial score (nSPS) is 11.2. The van der Waals surface area contributed by atoms with Gasteiger partial charge in [-0.15, -0.1) is 0 Å². The second-order valence-electron chi connectivity index (χ2n) is 7.67. The van der Waals surface area contributed by atoms with Gasteiger partial charge in [0.2, 0.25) is 5.91 Å². The Bertz CT molecular complexity index is 1230. The van der Waals surface area contributed by atoms with Crippen molar-refractivity contribution in [2.24, 2.45) is 0 Å². The third-order valence-corrected chi connectivity index (χ3v) is 7.30. The average molecular weight is 556 g/mol. The van der Waals surface area contributed by atoms with E-state index in [0.29, 0.717) is 10.6 Å². The van der Waals surface area contributed by atoms with Crippen molar-refractivity contribution in [2.45, 2.75) is 17.6 Å². The number of ether oxygens (including phenoxy) is 2. The number of carbonyl (C=O) groups is 3. The van der Waals surface area contributed by atoms with Gasteiger partial charge in [-0.3, -0.25) is 19.7 Å². The largest absolute Gasteiger partial charge is 0.460 e. The molecular weight excluding hydrogens is 530 g/mol. The molecule has 3 aromatic rings. The van der Waals surface area contributed by atoms with Crippen LogP contribution in [0.25, 0.3) is 0 Å². The highest BCUT2D eigenvalue weighted by atomic mass is 33.1. The van der Waals surface area contributed by atoms with E-state index in [1.54, 1.807) is 42.5 Å². The highest BCUT2D eigenvalue weighted by Gasteiger charge is 2.20. The van der Waals surface area contributed by atoms with E-state index in [1.165, 1.54) is 27.7 Å². The number of nitro groups is 1. The molecule has 0 radical (unpaired) electrons. The SMILES string of the molecule is O=C(CNC(=O)OC(CSSc1ccccc1[N+](=O)[O-])c1ccccc1)NCC(=O)OCc1ccccc1. The van der Waals surface area contributed by atoms with Gasteiger partial charge < -0.3 is 20.1 Å². The second kappa shape index (κ2) is 15.3. The second-order valence-corrected chi connectivity index (χ2v) is 10.1. The van der Waals surface area contributed by atoms with E-state index in [0.717, 1.165) is 11.1 Å². The van der Waals surface area contributed by atoms with Crippen molar-refractivity contribution in [3.05, 3.63) is 106 Å². The molecule has 0 aliphatic heterocycles. The summed E-state index contributed by atoms with van der Waals surface area (Å²) in [6, 6.07) is 24.5. The molecule has 2 N–H and O–H groups in total. The number of nitrogens with one attached hydrogen (secondary N) is 2. The van der Waals surface area contributed by atoms with Crippen LogP contribution in [0.4, 0.5) is 10.5 Å². The maximum absolute atomic E-state index is 12.4. The number of nitrogens with zero attached hydrogens (tertiary/aromatic N) is 1. The van der Waals surface area contributed by atoms with Crippen LogP contribution in [0, 0.1) is 10.1 Å². The lowest BCUT2D eigenvalue weighted by molar-refractivity contribution is -0.387. The number of amides is 2. The third kappa shape index (κ3) is 9.79. The highest BCUT2D eigenvalue weighted by Crippen LogP contribution is 2.39. The van der Waals surface area contributed by atoms with E-state index in [9.17, 15) is 24.5 Å². The molecule has 0 aliphatic carbocycles. The Hall–Kier alpha value is -4.03. The van der Waals surface area contributed by atoms with Gasteiger partial charge in [-0.1, -0.05) is 94.4 Å². The summed E-state index contributed by atoms with van der Waals surface area (Å²) in [5, 5.41) is 16.0. The van der Waals surface area contributed by atoms with Gasteiger partial charge in [0, 0.05) is 11.8 Å². The summed E-state index contributed by atoms with van der Waals surface area (Å²) in [4.78, 5) is 47.5. The lowest BCUT2D eigenvalue weighted by Crippen LogP contribution is -2.40. The van der Waals surface area contributed by atoms with Gasteiger partial charge in [-0.2, -0.15) is 0 Å². The van der Waals surface area contributed by atoms with E-state index in [4.69, 9.17) is 9.47 Å². The zero-order chi connectivity index (χ0) is 27.2. The molecule has 0 aliphatic rings. The number of benzene rings is 3. The van der Waals surface area contributed by atoms with Crippen molar-refractivity contribution < 1.29 is 28.8 Å². The van der Waals surface area contributed by atoms with Gasteiger partial charge >= 0.3 is 12.1 Å². The molecule has 10 nitrogen and oxygen atoms in total. The molecule has 12 heteroatoms. The lowest BCUT2D eigenvalue weighted by Gasteiger charge is -2.18. The van der Waals surface area contributed by atoms with Crippen LogP contribution in [0.15, 0.2) is 89.8 Å². The van der Waals surface area contributed by atoms with E-state index in [-0.39, 0.29) is 18.8 Å². The first-order valence-electron chi connectivity index (χ1n) is 11.4. The minimum atomic E-state index is -0.822. The molecule has 0 fully saturated rings. The molecular formula is C26H25N3O7S2. The van der Waals surface area contributed by atoms with Gasteiger partial charge in [-0.05, 0) is 17.2 Å². The first kappa shape index (κ1) is 28.5. The number of alkyl carbamates (subject to hydrolysis) is 1. The van der Waals surface area contributed by atoms with Crippen molar-refractivity contribution >= 4 is 45.2 Å². The van der Waals surface area contributed by atoms with E-state index >= 15 is 0 Å². The summed E-state index contributed by atoms with van der Waals surface area (Å²) in [5.74, 6) is -0.897. The molecule has 3 aromatic carbocycles. The summed E-state index contributed by atoms with van der Waals surface area (Å²) in [6.45, 7) is -0.645. The number of carbonyl (C=O) groups excluding carboxylic acids is 3. The molecule has 2 amide bonds. The number of nitro benzene ring substituents is 1. The maximum Gasteiger partial charge on any atom is 0.408 e. The van der Waals surface area contributed by atoms with Gasteiger partial charge in [0.25, 0.3) is 5.69 Å². The monoisotopic (exact) mass is 555 g/mol. The summed E-state index contributed by atoms with van der Waals surface area (Å²) in [7, 11) is 2.51. The number of esters is 1. The molecule has 198 valence electrons. The smallest absolute Gasteiger partial charge is 0.408 e. The fourth-order valence-electron chi connectivity index (χ4n) is 3.05. The van der Waals surface area contributed by atoms with E-state index in [2.05, 4.69) is 10.6 Å². The highest BCUT2D eigenvalue weighted by molar-refractivity contribution is 8.76. The van der Waals surface area contributed by atoms with Crippen molar-refractivity contribution in [1.29, 1.82) is 0 Å². The number of rotatable bonds is 13. The van der Waals surface area contributed by atoms with Crippen molar-refractivity contribution in [1.82, 2.24) is 10.6 Å². The predicted molar refractivity (Wildman–Crippen MR) is 144 cm³/mol. The molecule has 0 aromatic heterocycles. The fourth-order valence-corrected chi connectivity index (χ4v) is 5.37. The van der Waals surface area contributed by atoms with Gasteiger partial charge in [0.1, 0.15) is 25.8 Å². The molecule has 0 saturated heterocycles. The molecule has 0 saturated carbocycles. The Labute approximate surface area is 227 Å². The van der Waals surface area contributed by atoms with E-state index in [1.807, 2.05) is 36.4 Å². The summed E-state index contributed by atoms with van der Waals surface area (Å²) < 4.78 is 10.6. The molecule has 1 atom stereocenters. The quantitative estimate of drug-likeness (QED) is 0.133. The third-order valence-electron chi connectivity index (χ3n) is 4.92. The van der Waals surface area contributed by atoms with Crippen LogP contribution in [-0.4, -0.2) is 41.7 Å². The maximum atomic E-state index is 12.4. The van der Waals surface area contributed by atoms with Crippen LogP contribution in [0.1, 0.15) is 17.2 Å². The molecule has 0 heterocycles. The molecule has 0 spiro atoms. The summed E-state index contributed by atoms with van der Waals surface area (Å²) >= 11 is 0. The van der Waals surface area contributed by atoms with Gasteiger partial charge in [0.15, 0.2) is 0 Å². The fraction of sp³-hybridized carbons (Fsp3) is 0.192. The lowest BCUT2D eigenvalue weighted by atomic mass is 10.1. The number of hydrogen-bond donors (Lipinski definition) is 2. The van der Waals surface area contributed by atoms with Gasteiger partial charge in [-0.25, -0.2) is 4.79 Å². The Morgan fingerprint density at radius 3 is 2.24 bits per heavy atom. The van der Waals surface area contributed by atoms with Crippen molar-refractivity contribution in [2.75, 3.05) is 18.8 Å². The van der Waals surface area contributed by atoms with Crippen molar-refractivity contribution in [3.63, 3.8) is 0 Å². The Balaban J connectivity index is 1.44. The zero-order valence-corrected chi connectivity index (χ0v) is 21.7. The van der Waals surface area contributed by atoms with Crippen molar-refractivity contribution in [3.8, 4) is 0 Å². The Kier molecular flexibility index (Phi) is 11.5. The number of hydrogen-bond acceptors (Lipinski definition) is 9. The average Bonchev–Trinajstić information content (AvgIpc) is 2.94. The van der Waals surface area contributed by atoms with Crippen LogP contribution in [0.5, 0.6) is 0 Å². The van der Waals surface area contributed by atoms with Crippen LogP contribution in [0.3, 0.4) is 0 Å². The standard InChI is InChI=1S/C26H25N3O7S2/c30-24(27-16-25(31)35-17-19-9-3-1-4-10-19)15-28-26(32)36-22(20-11-5-2-6-12-20)18-37-38-23-14-8-7-13-21(23)29(33)34/h1-14,22H,15-18H2,(H,27,30)(H,28,32). The van der Waals surface area contributed by atoms with Crippen LogP contribution in [0.2, 0.25) is 0 Å². The molecule has 38 heavy (non-hydrogen) atoms.